The van der Waals surface area contributed by atoms with Crippen LogP contribution in [0.5, 0.6) is 5.75 Å². The maximum Gasteiger partial charge on any atom is 0.337 e. The fourth-order valence-electron chi connectivity index (χ4n) is 3.63. The Hall–Kier alpha value is -3.97. The number of amides is 1. The van der Waals surface area contributed by atoms with Crippen LogP contribution in [-0.4, -0.2) is 29.9 Å². The van der Waals surface area contributed by atoms with E-state index < -0.39 is 17.3 Å². The molecule has 0 unspecified atom stereocenters. The molecule has 3 rings (SSSR count). The van der Waals surface area contributed by atoms with E-state index in [1.54, 1.807) is 31.2 Å². The zero-order chi connectivity index (χ0) is 20.5. The summed E-state index contributed by atoms with van der Waals surface area (Å²) in [7, 11) is 0. The van der Waals surface area contributed by atoms with Gasteiger partial charge < -0.3 is 20.1 Å². The zero-order valence-electron chi connectivity index (χ0n) is 15.2. The summed E-state index contributed by atoms with van der Waals surface area (Å²) < 4.78 is 10.8. The highest BCUT2D eigenvalue weighted by molar-refractivity contribution is 6.12. The molecule has 2 aliphatic heterocycles. The van der Waals surface area contributed by atoms with E-state index in [0.29, 0.717) is 11.3 Å². The molecule has 0 bridgehead atoms. The lowest BCUT2D eigenvalue weighted by atomic mass is 9.68. The number of rotatable bonds is 4. The van der Waals surface area contributed by atoms with Crippen LogP contribution >= 0.6 is 0 Å². The normalized spacial score (nSPS) is 20.4. The van der Waals surface area contributed by atoms with Crippen LogP contribution in [0.15, 0.2) is 59.6 Å². The molecule has 2 heterocycles. The van der Waals surface area contributed by atoms with Crippen LogP contribution in [0, 0.1) is 23.7 Å². The van der Waals surface area contributed by atoms with Gasteiger partial charge in [0.05, 0.1) is 12.1 Å². The molecule has 1 amide bonds. The highest BCUT2D eigenvalue weighted by Crippen LogP contribution is 2.53. The minimum atomic E-state index is -1.78. The molecule has 7 heteroatoms. The fraction of sp³-hybridized carbons (Fsp3) is 0.190. The number of hydrogen-bond donors (Lipinski definition) is 1. The van der Waals surface area contributed by atoms with Crippen LogP contribution in [0.25, 0.3) is 0 Å². The Bertz CT molecular complexity index is 1040. The van der Waals surface area contributed by atoms with Gasteiger partial charge in [-0.05, 0) is 13.0 Å². The molecule has 7 nitrogen and oxygen atoms in total. The number of nitrogens with zero attached hydrogens (tertiary/aromatic N) is 2. The third kappa shape index (κ3) is 2.38. The molecule has 0 saturated heterocycles. The molecule has 0 aromatic heterocycles. The Morgan fingerprint density at radius 1 is 1.50 bits per heavy atom. The number of carbonyl (C=O) groups is 2. The highest BCUT2D eigenvalue weighted by Gasteiger charge is 2.62. The number of nitriles is 1. The Morgan fingerprint density at radius 2 is 2.21 bits per heavy atom. The van der Waals surface area contributed by atoms with E-state index in [2.05, 4.69) is 12.5 Å². The minimum Gasteiger partial charge on any atom is -0.458 e. The van der Waals surface area contributed by atoms with Crippen molar-refractivity contribution in [2.75, 3.05) is 13.2 Å². The van der Waals surface area contributed by atoms with Gasteiger partial charge in [0.25, 0.3) is 0 Å². The SMILES string of the molecule is C#CCN1C(=O)[C@@]2(C(C#N)=C(N)Oc3ccccc32)C(C(=O)OCC=C)=C1C. The van der Waals surface area contributed by atoms with E-state index in [9.17, 15) is 14.9 Å². The number of benzene rings is 1. The molecular weight excluding hydrogens is 358 g/mol. The second-order valence-electron chi connectivity index (χ2n) is 6.14. The molecule has 1 spiro atoms. The van der Waals surface area contributed by atoms with Crippen molar-refractivity contribution in [3.05, 3.63) is 65.2 Å². The second kappa shape index (κ2) is 6.98. The lowest BCUT2D eigenvalue weighted by Crippen LogP contribution is -2.47. The smallest absolute Gasteiger partial charge is 0.337 e. The number of carbonyl (C=O) groups excluding carboxylic acids is 2. The highest BCUT2D eigenvalue weighted by atomic mass is 16.5. The molecule has 28 heavy (non-hydrogen) atoms. The Balaban J connectivity index is 2.39. The van der Waals surface area contributed by atoms with Gasteiger partial charge in [-0.2, -0.15) is 5.26 Å². The summed E-state index contributed by atoms with van der Waals surface area (Å²) >= 11 is 0. The van der Waals surface area contributed by atoms with Gasteiger partial charge >= 0.3 is 5.97 Å². The Labute approximate surface area is 162 Å². The first kappa shape index (κ1) is 18.8. The van der Waals surface area contributed by atoms with Gasteiger partial charge in [-0.1, -0.05) is 36.8 Å². The number of terminal acetylenes is 1. The average Bonchev–Trinajstić information content (AvgIpc) is 2.89. The van der Waals surface area contributed by atoms with Crippen LogP contribution in [0.4, 0.5) is 0 Å². The van der Waals surface area contributed by atoms with E-state index >= 15 is 0 Å². The zero-order valence-corrected chi connectivity index (χ0v) is 15.2. The topological polar surface area (TPSA) is 106 Å². The lowest BCUT2D eigenvalue weighted by Gasteiger charge is -2.35. The molecule has 0 aliphatic carbocycles. The Morgan fingerprint density at radius 3 is 2.86 bits per heavy atom. The van der Waals surface area contributed by atoms with Crippen LogP contribution in [0.2, 0.25) is 0 Å². The second-order valence-corrected chi connectivity index (χ2v) is 6.14. The fourth-order valence-corrected chi connectivity index (χ4v) is 3.63. The molecular formula is C21H17N3O4. The first-order chi connectivity index (χ1) is 13.4. The standard InChI is InChI=1S/C21H17N3O4/c1-4-10-24-13(3)17(19(25)27-11-5-2)21(20(24)26)14-8-6-7-9-16(14)28-18(23)15(21)12-22/h1,5-9H,2,10-11,23H2,3H3/t21-/m0/s1. The summed E-state index contributed by atoms with van der Waals surface area (Å²) in [5, 5.41) is 9.84. The summed E-state index contributed by atoms with van der Waals surface area (Å²) in [5.74, 6) is 1.11. The minimum absolute atomic E-state index is 0.00940. The number of esters is 1. The van der Waals surface area contributed by atoms with Gasteiger partial charge in [0, 0.05) is 11.3 Å². The van der Waals surface area contributed by atoms with E-state index in [1.165, 1.54) is 11.0 Å². The predicted octanol–water partition coefficient (Wildman–Crippen LogP) is 1.49. The molecule has 0 fully saturated rings. The summed E-state index contributed by atoms with van der Waals surface area (Å²) in [6, 6.07) is 8.55. The van der Waals surface area contributed by atoms with Crippen LogP contribution in [-0.2, 0) is 19.7 Å². The molecule has 2 aliphatic rings. The van der Waals surface area contributed by atoms with Gasteiger partial charge in [0.1, 0.15) is 24.0 Å². The summed E-state index contributed by atoms with van der Waals surface area (Å²) in [5.41, 5.74) is 4.64. The number of hydrogen-bond acceptors (Lipinski definition) is 6. The van der Waals surface area contributed by atoms with Gasteiger partial charge in [-0.25, -0.2) is 4.79 Å². The van der Waals surface area contributed by atoms with Gasteiger partial charge in [-0.3, -0.25) is 4.79 Å². The Kier molecular flexibility index (Phi) is 4.69. The molecule has 1 atom stereocenters. The maximum absolute atomic E-state index is 13.6. The quantitative estimate of drug-likeness (QED) is 0.486. The molecule has 2 N–H and O–H groups in total. The summed E-state index contributed by atoms with van der Waals surface area (Å²) in [6.45, 7) is 4.96. The van der Waals surface area contributed by atoms with E-state index in [-0.39, 0.29) is 35.9 Å². The number of nitrogens with two attached hydrogens (primary N) is 1. The van der Waals surface area contributed by atoms with Crippen molar-refractivity contribution in [3.8, 4) is 24.2 Å². The summed E-state index contributed by atoms with van der Waals surface area (Å²) in [6.07, 6.45) is 6.83. The van der Waals surface area contributed by atoms with Crippen LogP contribution in [0.3, 0.4) is 0 Å². The average molecular weight is 375 g/mol. The van der Waals surface area contributed by atoms with Gasteiger partial charge in [-0.15, -0.1) is 6.42 Å². The van der Waals surface area contributed by atoms with Crippen molar-refractivity contribution in [1.29, 1.82) is 5.26 Å². The van der Waals surface area contributed by atoms with Gasteiger partial charge in [0.15, 0.2) is 5.41 Å². The van der Waals surface area contributed by atoms with E-state index in [0.717, 1.165) is 0 Å². The van der Waals surface area contributed by atoms with E-state index in [1.807, 2.05) is 6.07 Å². The van der Waals surface area contributed by atoms with Crippen molar-refractivity contribution in [2.45, 2.75) is 12.3 Å². The number of allylic oxidation sites excluding steroid dienone is 1. The van der Waals surface area contributed by atoms with Crippen molar-refractivity contribution in [1.82, 2.24) is 4.90 Å². The number of fused-ring (bicyclic) bond motifs is 2. The molecule has 1 aromatic rings. The van der Waals surface area contributed by atoms with Crippen molar-refractivity contribution in [3.63, 3.8) is 0 Å². The maximum atomic E-state index is 13.6. The largest absolute Gasteiger partial charge is 0.458 e. The number of para-hydroxylation sites is 1. The van der Waals surface area contributed by atoms with Crippen LogP contribution < -0.4 is 10.5 Å². The third-order valence-corrected chi connectivity index (χ3v) is 4.74. The first-order valence-electron chi connectivity index (χ1n) is 8.37. The molecule has 140 valence electrons. The van der Waals surface area contributed by atoms with Crippen molar-refractivity contribution in [2.24, 2.45) is 5.73 Å². The summed E-state index contributed by atoms with van der Waals surface area (Å²) in [4.78, 5) is 27.9. The van der Waals surface area contributed by atoms with Gasteiger partial charge in [0.2, 0.25) is 11.8 Å². The monoisotopic (exact) mass is 375 g/mol. The first-order valence-corrected chi connectivity index (χ1v) is 8.37. The predicted molar refractivity (Wildman–Crippen MR) is 100.0 cm³/mol. The van der Waals surface area contributed by atoms with Crippen molar-refractivity contribution >= 4 is 11.9 Å². The lowest BCUT2D eigenvalue weighted by molar-refractivity contribution is -0.140. The third-order valence-electron chi connectivity index (χ3n) is 4.74. The number of ether oxygens (including phenoxy) is 2. The molecule has 1 aromatic carbocycles. The molecule has 0 radical (unpaired) electrons. The van der Waals surface area contributed by atoms with E-state index in [4.69, 9.17) is 21.6 Å². The van der Waals surface area contributed by atoms with Crippen LogP contribution in [0.1, 0.15) is 12.5 Å². The van der Waals surface area contributed by atoms with Crippen molar-refractivity contribution < 1.29 is 19.1 Å². The molecule has 0 saturated carbocycles.